The predicted octanol–water partition coefficient (Wildman–Crippen LogP) is 5.99. The minimum atomic E-state index is -0.434. The van der Waals surface area contributed by atoms with Crippen molar-refractivity contribution in [3.05, 3.63) is 12.2 Å². The number of amides is 1. The summed E-state index contributed by atoms with van der Waals surface area (Å²) in [7, 11) is 0. The van der Waals surface area contributed by atoms with E-state index in [9.17, 15) is 4.79 Å². The summed E-state index contributed by atoms with van der Waals surface area (Å²) in [5.74, 6) is 0. The van der Waals surface area contributed by atoms with E-state index in [2.05, 4.69) is 24.4 Å². The summed E-state index contributed by atoms with van der Waals surface area (Å²) in [5.41, 5.74) is -0.434. The largest absolute Gasteiger partial charge is 0.444 e. The molecular formula is C19H37NO2. The maximum Gasteiger partial charge on any atom is 0.407 e. The van der Waals surface area contributed by atoms with Gasteiger partial charge in [-0.3, -0.25) is 0 Å². The Balaban J connectivity index is 3.53. The van der Waals surface area contributed by atoms with Crippen LogP contribution >= 0.6 is 0 Å². The second-order valence-corrected chi connectivity index (χ2v) is 7.16. The molecule has 3 nitrogen and oxygen atoms in total. The highest BCUT2D eigenvalue weighted by molar-refractivity contribution is 5.68. The van der Waals surface area contributed by atoms with E-state index in [0.29, 0.717) is 0 Å². The maximum atomic E-state index is 11.6. The zero-order valence-electron chi connectivity index (χ0n) is 15.4. The van der Waals surface area contributed by atoms with E-state index in [1.807, 2.05) is 27.7 Å². The molecule has 130 valence electrons. The Kier molecular flexibility index (Phi) is 12.0. The molecule has 0 rings (SSSR count). The van der Waals surface area contributed by atoms with Gasteiger partial charge in [-0.1, -0.05) is 57.6 Å². The smallest absolute Gasteiger partial charge is 0.407 e. The molecule has 1 atom stereocenters. The van der Waals surface area contributed by atoms with Crippen molar-refractivity contribution < 1.29 is 9.53 Å². The fraction of sp³-hybridized carbons (Fsp3) is 0.842. The summed E-state index contributed by atoms with van der Waals surface area (Å²) in [6.07, 6.45) is 15.5. The molecular weight excluding hydrogens is 274 g/mol. The Morgan fingerprint density at radius 3 is 2.23 bits per heavy atom. The normalized spacial score (nSPS) is 13.3. The maximum absolute atomic E-state index is 11.6. The number of nitrogens with one attached hydrogen (secondary N) is 1. The van der Waals surface area contributed by atoms with Crippen LogP contribution < -0.4 is 5.32 Å². The van der Waals surface area contributed by atoms with Gasteiger partial charge in [0.15, 0.2) is 0 Å². The van der Waals surface area contributed by atoms with Gasteiger partial charge in [0.25, 0.3) is 0 Å². The van der Waals surface area contributed by atoms with Crippen LogP contribution in [0, 0.1) is 0 Å². The first-order valence-electron chi connectivity index (χ1n) is 8.99. The summed E-state index contributed by atoms with van der Waals surface area (Å²) >= 11 is 0. The number of allylic oxidation sites excluding steroid dienone is 1. The van der Waals surface area contributed by atoms with E-state index in [1.54, 1.807) is 0 Å². The van der Waals surface area contributed by atoms with E-state index in [1.165, 1.54) is 44.9 Å². The first-order chi connectivity index (χ1) is 10.3. The average molecular weight is 312 g/mol. The Labute approximate surface area is 137 Å². The number of hydrogen-bond acceptors (Lipinski definition) is 2. The van der Waals surface area contributed by atoms with Crippen LogP contribution in [0.5, 0.6) is 0 Å². The van der Waals surface area contributed by atoms with Crippen LogP contribution in [0.4, 0.5) is 4.79 Å². The molecule has 0 aromatic rings. The molecule has 0 aliphatic carbocycles. The Hall–Kier alpha value is -0.990. The van der Waals surface area contributed by atoms with E-state index in [-0.39, 0.29) is 12.1 Å². The van der Waals surface area contributed by atoms with Crippen LogP contribution in [-0.2, 0) is 4.74 Å². The Morgan fingerprint density at radius 2 is 1.64 bits per heavy atom. The molecule has 0 aromatic heterocycles. The molecule has 0 heterocycles. The van der Waals surface area contributed by atoms with Gasteiger partial charge in [-0.05, 0) is 47.0 Å². The number of carbonyl (C=O) groups is 1. The third kappa shape index (κ3) is 15.4. The highest BCUT2D eigenvalue weighted by atomic mass is 16.6. The fourth-order valence-electron chi connectivity index (χ4n) is 2.21. The third-order valence-corrected chi connectivity index (χ3v) is 3.39. The number of carbonyl (C=O) groups excluding carboxylic acids is 1. The molecule has 0 saturated carbocycles. The standard InChI is InChI=1S/C19H37NO2/c1-6-7-8-9-10-11-12-13-14-15-16-17(2)20-18(21)22-19(3,4)5/h14-15,17H,6-13,16H2,1-5H3,(H,20,21). The second kappa shape index (κ2) is 12.5. The first-order valence-corrected chi connectivity index (χ1v) is 8.99. The highest BCUT2D eigenvalue weighted by Gasteiger charge is 2.16. The number of unbranched alkanes of at least 4 members (excludes halogenated alkanes) is 7. The molecule has 1 amide bonds. The molecule has 0 aliphatic rings. The van der Waals surface area contributed by atoms with Gasteiger partial charge in [-0.25, -0.2) is 4.79 Å². The average Bonchev–Trinajstić information content (AvgIpc) is 2.38. The van der Waals surface area contributed by atoms with Crippen molar-refractivity contribution in [1.29, 1.82) is 0 Å². The zero-order chi connectivity index (χ0) is 16.8. The molecule has 0 aliphatic heterocycles. The topological polar surface area (TPSA) is 38.3 Å². The van der Waals surface area contributed by atoms with Crippen molar-refractivity contribution in [2.24, 2.45) is 0 Å². The Morgan fingerprint density at radius 1 is 1.05 bits per heavy atom. The molecule has 0 bridgehead atoms. The van der Waals surface area contributed by atoms with Crippen LogP contribution in [-0.4, -0.2) is 17.7 Å². The van der Waals surface area contributed by atoms with Gasteiger partial charge in [0.2, 0.25) is 0 Å². The lowest BCUT2D eigenvalue weighted by molar-refractivity contribution is 0.0509. The molecule has 3 heteroatoms. The Bertz CT molecular complexity index is 305. The summed E-state index contributed by atoms with van der Waals surface area (Å²) in [6.45, 7) is 9.88. The summed E-state index contributed by atoms with van der Waals surface area (Å²) in [6, 6.07) is 0.111. The lowest BCUT2D eigenvalue weighted by Gasteiger charge is -2.21. The van der Waals surface area contributed by atoms with Crippen molar-refractivity contribution >= 4 is 6.09 Å². The molecule has 0 saturated heterocycles. The SMILES string of the molecule is CCCCCCCCCC=CCC(C)NC(=O)OC(C)(C)C. The number of rotatable bonds is 11. The van der Waals surface area contributed by atoms with Gasteiger partial charge in [0.1, 0.15) is 5.60 Å². The quantitative estimate of drug-likeness (QED) is 0.376. The third-order valence-electron chi connectivity index (χ3n) is 3.39. The molecule has 0 spiro atoms. The molecule has 0 fully saturated rings. The van der Waals surface area contributed by atoms with E-state index >= 15 is 0 Å². The minimum Gasteiger partial charge on any atom is -0.444 e. The van der Waals surface area contributed by atoms with Gasteiger partial charge in [0, 0.05) is 6.04 Å². The van der Waals surface area contributed by atoms with Crippen LogP contribution in [0.2, 0.25) is 0 Å². The minimum absolute atomic E-state index is 0.111. The highest BCUT2D eigenvalue weighted by Crippen LogP contribution is 2.09. The number of ether oxygens (including phenoxy) is 1. The fourth-order valence-corrected chi connectivity index (χ4v) is 2.21. The summed E-state index contributed by atoms with van der Waals surface area (Å²) in [4.78, 5) is 11.6. The van der Waals surface area contributed by atoms with Crippen LogP contribution in [0.3, 0.4) is 0 Å². The van der Waals surface area contributed by atoms with Crippen LogP contribution in [0.15, 0.2) is 12.2 Å². The lowest BCUT2D eigenvalue weighted by Crippen LogP contribution is -2.37. The monoisotopic (exact) mass is 311 g/mol. The van der Waals surface area contributed by atoms with Crippen molar-refractivity contribution in [2.75, 3.05) is 0 Å². The van der Waals surface area contributed by atoms with Gasteiger partial charge in [-0.15, -0.1) is 0 Å². The molecule has 0 aromatic carbocycles. The van der Waals surface area contributed by atoms with E-state index in [0.717, 1.165) is 12.8 Å². The van der Waals surface area contributed by atoms with Gasteiger partial charge < -0.3 is 10.1 Å². The first kappa shape index (κ1) is 21.0. The summed E-state index contributed by atoms with van der Waals surface area (Å²) < 4.78 is 5.23. The van der Waals surface area contributed by atoms with Crippen molar-refractivity contribution in [1.82, 2.24) is 5.32 Å². The van der Waals surface area contributed by atoms with E-state index in [4.69, 9.17) is 4.74 Å². The van der Waals surface area contributed by atoms with Gasteiger partial charge >= 0.3 is 6.09 Å². The van der Waals surface area contributed by atoms with Gasteiger partial charge in [-0.2, -0.15) is 0 Å². The van der Waals surface area contributed by atoms with Crippen LogP contribution in [0.25, 0.3) is 0 Å². The lowest BCUT2D eigenvalue weighted by atomic mass is 10.1. The van der Waals surface area contributed by atoms with Crippen molar-refractivity contribution in [3.63, 3.8) is 0 Å². The molecule has 1 unspecified atom stereocenters. The summed E-state index contributed by atoms with van der Waals surface area (Å²) in [5, 5.41) is 2.85. The predicted molar refractivity (Wildman–Crippen MR) is 95.2 cm³/mol. The molecule has 1 N–H and O–H groups in total. The second-order valence-electron chi connectivity index (χ2n) is 7.16. The van der Waals surface area contributed by atoms with E-state index < -0.39 is 5.60 Å². The number of alkyl carbamates (subject to hydrolysis) is 1. The van der Waals surface area contributed by atoms with Crippen molar-refractivity contribution in [2.45, 2.75) is 104 Å². The van der Waals surface area contributed by atoms with Crippen molar-refractivity contribution in [3.8, 4) is 0 Å². The van der Waals surface area contributed by atoms with Crippen LogP contribution in [0.1, 0.15) is 92.4 Å². The molecule has 0 radical (unpaired) electrons. The number of hydrogen-bond donors (Lipinski definition) is 1. The molecule has 22 heavy (non-hydrogen) atoms. The van der Waals surface area contributed by atoms with Gasteiger partial charge in [0.05, 0.1) is 0 Å². The zero-order valence-corrected chi connectivity index (χ0v) is 15.4.